The van der Waals surface area contributed by atoms with Gasteiger partial charge in [0, 0.05) is 5.02 Å². The van der Waals surface area contributed by atoms with Gasteiger partial charge in [-0.3, -0.25) is 4.72 Å². The number of hydrogen-bond acceptors (Lipinski definition) is 2. The predicted octanol–water partition coefficient (Wildman–Crippen LogP) is 4.45. The summed E-state index contributed by atoms with van der Waals surface area (Å²) < 4.78 is 26.8. The van der Waals surface area contributed by atoms with Crippen LogP contribution < -0.4 is 4.72 Å². The van der Waals surface area contributed by atoms with Crippen molar-refractivity contribution in [2.45, 2.75) is 4.90 Å². The van der Waals surface area contributed by atoms with Crippen molar-refractivity contribution in [3.05, 3.63) is 57.5 Å². The maximum Gasteiger partial charge on any atom is 0.264 e. The second-order valence-electron chi connectivity index (χ2n) is 3.67. The van der Waals surface area contributed by atoms with Crippen molar-refractivity contribution >= 4 is 50.5 Å². The second kappa shape index (κ2) is 5.59. The molecule has 0 amide bonds. The fraction of sp³-hybridized carbons (Fsp3) is 0. The molecule has 3 nitrogen and oxygen atoms in total. The van der Waals surface area contributed by atoms with Crippen LogP contribution in [0.3, 0.4) is 0 Å². The number of halogens is 3. The van der Waals surface area contributed by atoms with Crippen molar-refractivity contribution in [3.63, 3.8) is 0 Å². The third-order valence-corrected chi connectivity index (χ3v) is 4.84. The highest BCUT2D eigenvalue weighted by molar-refractivity contribution is 7.93. The van der Waals surface area contributed by atoms with Crippen LogP contribution >= 0.6 is 34.8 Å². The Kier molecular flexibility index (Phi) is 4.26. The Balaban J connectivity index is 2.44. The molecule has 0 bridgehead atoms. The molecule has 0 aliphatic carbocycles. The van der Waals surface area contributed by atoms with Crippen LogP contribution in [0.15, 0.2) is 47.4 Å². The Morgan fingerprint density at radius 2 is 1.47 bits per heavy atom. The second-order valence-corrected chi connectivity index (χ2v) is 6.54. The topological polar surface area (TPSA) is 46.2 Å². The van der Waals surface area contributed by atoms with E-state index in [1.54, 1.807) is 24.3 Å². The molecular formula is C12H8Cl3NO2S. The molecule has 0 aliphatic rings. The quantitative estimate of drug-likeness (QED) is 0.900. The van der Waals surface area contributed by atoms with Crippen LogP contribution in [-0.2, 0) is 10.0 Å². The van der Waals surface area contributed by atoms with Gasteiger partial charge in [-0.25, -0.2) is 8.42 Å². The lowest BCUT2D eigenvalue weighted by molar-refractivity contribution is 0.601. The molecule has 0 heterocycles. The summed E-state index contributed by atoms with van der Waals surface area (Å²) in [4.78, 5) is -0.154. The van der Waals surface area contributed by atoms with E-state index in [4.69, 9.17) is 34.8 Å². The molecule has 100 valence electrons. The van der Waals surface area contributed by atoms with Crippen LogP contribution in [-0.4, -0.2) is 8.42 Å². The van der Waals surface area contributed by atoms with Gasteiger partial charge in [0.05, 0.1) is 15.7 Å². The fourth-order valence-electron chi connectivity index (χ4n) is 1.50. The molecule has 2 aromatic rings. The predicted molar refractivity (Wildman–Crippen MR) is 78.7 cm³/mol. The maximum absolute atomic E-state index is 12.2. The molecule has 7 heteroatoms. The van der Waals surface area contributed by atoms with Crippen LogP contribution in [0.5, 0.6) is 0 Å². The van der Waals surface area contributed by atoms with E-state index in [1.165, 1.54) is 18.2 Å². The molecule has 0 radical (unpaired) electrons. The molecule has 0 saturated heterocycles. The first kappa shape index (κ1) is 14.5. The Morgan fingerprint density at radius 3 is 2.05 bits per heavy atom. The number of sulfonamides is 1. The van der Waals surface area contributed by atoms with Gasteiger partial charge < -0.3 is 0 Å². The summed E-state index contributed by atoms with van der Waals surface area (Å²) in [6.07, 6.45) is 0. The highest BCUT2D eigenvalue weighted by atomic mass is 35.5. The van der Waals surface area contributed by atoms with Crippen LogP contribution in [0.2, 0.25) is 15.1 Å². The third-order valence-electron chi connectivity index (χ3n) is 2.26. The van der Waals surface area contributed by atoms with Crippen LogP contribution in [0, 0.1) is 0 Å². The summed E-state index contributed by atoms with van der Waals surface area (Å²) in [6, 6.07) is 10.8. The lowest BCUT2D eigenvalue weighted by atomic mass is 10.3. The van der Waals surface area contributed by atoms with E-state index in [9.17, 15) is 8.42 Å². The van der Waals surface area contributed by atoms with Crippen LogP contribution in [0.25, 0.3) is 0 Å². The minimum Gasteiger partial charge on any atom is -0.279 e. The van der Waals surface area contributed by atoms with E-state index >= 15 is 0 Å². The smallest absolute Gasteiger partial charge is 0.264 e. The standard InChI is InChI=1S/C12H8Cl3NO2S/c13-8-3-1-4-9(7-8)16-19(17,18)12-10(14)5-2-6-11(12)15/h1-7,16H. The Hall–Kier alpha value is -0.940. The van der Waals surface area contributed by atoms with Gasteiger partial charge in [0.25, 0.3) is 10.0 Å². The van der Waals surface area contributed by atoms with Gasteiger partial charge >= 0.3 is 0 Å². The Bertz CT molecular complexity index is 696. The summed E-state index contributed by atoms with van der Waals surface area (Å²) in [5.41, 5.74) is 0.337. The van der Waals surface area contributed by atoms with Crippen molar-refractivity contribution in [1.29, 1.82) is 0 Å². The molecule has 0 unspecified atom stereocenters. The molecule has 0 fully saturated rings. The summed E-state index contributed by atoms with van der Waals surface area (Å²) in [5.74, 6) is 0. The summed E-state index contributed by atoms with van der Waals surface area (Å²) in [5, 5.41) is 0.537. The van der Waals surface area contributed by atoms with Gasteiger partial charge in [-0.2, -0.15) is 0 Å². The molecule has 19 heavy (non-hydrogen) atoms. The minimum absolute atomic E-state index is 0.0574. The molecule has 2 rings (SSSR count). The lowest BCUT2D eigenvalue weighted by Gasteiger charge is -2.11. The zero-order valence-corrected chi connectivity index (χ0v) is 12.5. The third kappa shape index (κ3) is 3.34. The van der Waals surface area contributed by atoms with E-state index < -0.39 is 10.0 Å². The normalized spacial score (nSPS) is 11.3. The molecule has 2 aromatic carbocycles. The molecule has 1 N–H and O–H groups in total. The number of benzene rings is 2. The molecular weight excluding hydrogens is 329 g/mol. The van der Waals surface area contributed by atoms with E-state index in [2.05, 4.69) is 4.72 Å². The minimum atomic E-state index is -3.86. The average Bonchev–Trinajstić information content (AvgIpc) is 2.27. The highest BCUT2D eigenvalue weighted by Gasteiger charge is 2.21. The van der Waals surface area contributed by atoms with Crippen LogP contribution in [0.4, 0.5) is 5.69 Å². The number of nitrogens with one attached hydrogen (secondary N) is 1. The Morgan fingerprint density at radius 1 is 0.895 bits per heavy atom. The van der Waals surface area contributed by atoms with Gasteiger partial charge in [-0.1, -0.05) is 46.9 Å². The number of hydrogen-bond donors (Lipinski definition) is 1. The number of rotatable bonds is 3. The van der Waals surface area contributed by atoms with Gasteiger partial charge in [-0.05, 0) is 30.3 Å². The molecule has 0 atom stereocenters. The molecule has 0 aromatic heterocycles. The first-order chi connectivity index (χ1) is 8.90. The van der Waals surface area contributed by atoms with Crippen molar-refractivity contribution in [2.75, 3.05) is 4.72 Å². The van der Waals surface area contributed by atoms with E-state index in [0.717, 1.165) is 0 Å². The van der Waals surface area contributed by atoms with Crippen molar-refractivity contribution in [2.24, 2.45) is 0 Å². The highest BCUT2D eigenvalue weighted by Crippen LogP contribution is 2.30. The van der Waals surface area contributed by atoms with E-state index in [-0.39, 0.29) is 14.9 Å². The number of anilines is 1. The Labute approximate surface area is 126 Å². The van der Waals surface area contributed by atoms with Gasteiger partial charge in [-0.15, -0.1) is 0 Å². The van der Waals surface area contributed by atoms with E-state index in [1.807, 2.05) is 0 Å². The summed E-state index contributed by atoms with van der Waals surface area (Å²) in [6.45, 7) is 0. The van der Waals surface area contributed by atoms with Gasteiger partial charge in [0.1, 0.15) is 4.90 Å². The largest absolute Gasteiger partial charge is 0.279 e. The van der Waals surface area contributed by atoms with E-state index in [0.29, 0.717) is 10.7 Å². The van der Waals surface area contributed by atoms with Gasteiger partial charge in [0.2, 0.25) is 0 Å². The SMILES string of the molecule is O=S(=O)(Nc1cccc(Cl)c1)c1c(Cl)cccc1Cl. The summed E-state index contributed by atoms with van der Waals surface area (Å²) in [7, 11) is -3.86. The summed E-state index contributed by atoms with van der Waals surface area (Å²) >= 11 is 17.6. The monoisotopic (exact) mass is 335 g/mol. The zero-order valence-electron chi connectivity index (χ0n) is 9.40. The van der Waals surface area contributed by atoms with Crippen molar-refractivity contribution in [3.8, 4) is 0 Å². The van der Waals surface area contributed by atoms with Gasteiger partial charge in [0.15, 0.2) is 0 Å². The first-order valence-corrected chi connectivity index (χ1v) is 7.74. The van der Waals surface area contributed by atoms with Crippen LogP contribution in [0.1, 0.15) is 0 Å². The fourth-order valence-corrected chi connectivity index (χ4v) is 3.88. The molecule has 0 saturated carbocycles. The lowest BCUT2D eigenvalue weighted by Crippen LogP contribution is -2.14. The first-order valence-electron chi connectivity index (χ1n) is 5.12. The molecule has 0 aliphatic heterocycles. The average molecular weight is 337 g/mol. The zero-order chi connectivity index (χ0) is 14.0. The van der Waals surface area contributed by atoms with Crippen molar-refractivity contribution in [1.82, 2.24) is 0 Å². The molecule has 0 spiro atoms. The maximum atomic E-state index is 12.2. The van der Waals surface area contributed by atoms with Crippen molar-refractivity contribution < 1.29 is 8.42 Å².